The number of rotatable bonds is 5. The van der Waals surface area contributed by atoms with Crippen LogP contribution in [0.4, 0.5) is 5.69 Å². The van der Waals surface area contributed by atoms with Crippen LogP contribution >= 0.6 is 11.6 Å². The molecule has 182 valence electrons. The largest absolute Gasteiger partial charge is 0.351 e. The zero-order valence-electron chi connectivity index (χ0n) is 19.9. The van der Waals surface area contributed by atoms with E-state index in [1.165, 1.54) is 6.92 Å². The quantitative estimate of drug-likeness (QED) is 0.540. The van der Waals surface area contributed by atoms with Crippen LogP contribution in [0, 0.1) is 0 Å². The maximum Gasteiger partial charge on any atom is 0.273 e. The second-order valence-corrected chi connectivity index (χ2v) is 10.2. The van der Waals surface area contributed by atoms with Crippen LogP contribution in [-0.2, 0) is 22.7 Å². The molecule has 0 saturated heterocycles. The lowest BCUT2D eigenvalue weighted by Gasteiger charge is -2.44. The number of fused-ring (bicyclic) bond motifs is 3. The molecule has 8 heteroatoms. The van der Waals surface area contributed by atoms with E-state index in [1.54, 1.807) is 17.0 Å². The van der Waals surface area contributed by atoms with Gasteiger partial charge >= 0.3 is 0 Å². The van der Waals surface area contributed by atoms with Crippen LogP contribution in [0.15, 0.2) is 48.5 Å². The molecule has 0 radical (unpaired) electrons. The minimum atomic E-state index is -1.12. The Morgan fingerprint density at radius 1 is 1.09 bits per heavy atom. The van der Waals surface area contributed by atoms with Gasteiger partial charge in [0, 0.05) is 29.9 Å². The number of nitrogens with zero attached hydrogens (tertiary/aromatic N) is 2. The molecule has 2 N–H and O–H groups in total. The van der Waals surface area contributed by atoms with Crippen LogP contribution in [0.25, 0.3) is 10.9 Å². The van der Waals surface area contributed by atoms with Gasteiger partial charge in [0.1, 0.15) is 11.2 Å². The molecule has 3 aromatic rings. The molecule has 0 unspecified atom stereocenters. The van der Waals surface area contributed by atoms with E-state index in [9.17, 15) is 14.4 Å². The molecular weight excluding hydrogens is 464 g/mol. The third-order valence-electron chi connectivity index (χ3n) is 7.21. The fourth-order valence-corrected chi connectivity index (χ4v) is 5.49. The first-order chi connectivity index (χ1) is 16.8. The van der Waals surface area contributed by atoms with Gasteiger partial charge in [-0.25, -0.2) is 0 Å². The second-order valence-electron chi connectivity index (χ2n) is 9.75. The van der Waals surface area contributed by atoms with Crippen molar-refractivity contribution < 1.29 is 14.4 Å². The molecule has 0 bridgehead atoms. The molecule has 2 aromatic carbocycles. The minimum absolute atomic E-state index is 0.129. The van der Waals surface area contributed by atoms with E-state index in [0.717, 1.165) is 42.1 Å². The van der Waals surface area contributed by atoms with Gasteiger partial charge in [0.2, 0.25) is 11.8 Å². The van der Waals surface area contributed by atoms with Gasteiger partial charge in [-0.2, -0.15) is 0 Å². The molecule has 35 heavy (non-hydrogen) atoms. The number of carbonyl (C=O) groups excluding carboxylic acids is 3. The van der Waals surface area contributed by atoms with E-state index in [-0.39, 0.29) is 36.9 Å². The average Bonchev–Trinajstić information content (AvgIpc) is 3.44. The number of aromatic nitrogens is 1. The first-order valence-corrected chi connectivity index (χ1v) is 12.4. The summed E-state index contributed by atoms with van der Waals surface area (Å²) in [7, 11) is 0. The predicted molar refractivity (Wildman–Crippen MR) is 136 cm³/mol. The summed E-state index contributed by atoms with van der Waals surface area (Å²) in [6, 6.07) is 15.0. The lowest BCUT2D eigenvalue weighted by Crippen LogP contribution is -2.64. The van der Waals surface area contributed by atoms with Gasteiger partial charge < -0.3 is 20.1 Å². The Morgan fingerprint density at radius 2 is 1.77 bits per heavy atom. The monoisotopic (exact) mass is 492 g/mol. The molecule has 2 heterocycles. The SMILES string of the molecule is CC(=O)Nc1c2n(c3ccccc13)C[C@@](C)(C(=O)NC1CCCC1)N(Cc1ccc(Cl)cc1)C2=O. The number of nitrogens with one attached hydrogen (secondary N) is 2. The van der Waals surface area contributed by atoms with E-state index in [4.69, 9.17) is 11.6 Å². The second kappa shape index (κ2) is 9.04. The maximum absolute atomic E-state index is 14.2. The van der Waals surface area contributed by atoms with Crippen LogP contribution in [-0.4, -0.2) is 38.8 Å². The highest BCUT2D eigenvalue weighted by molar-refractivity contribution is 6.30. The van der Waals surface area contributed by atoms with Crippen LogP contribution in [0.1, 0.15) is 55.6 Å². The summed E-state index contributed by atoms with van der Waals surface area (Å²) in [6.45, 7) is 3.78. The molecule has 3 amide bonds. The summed E-state index contributed by atoms with van der Waals surface area (Å²) >= 11 is 6.08. The molecule has 0 spiro atoms. The van der Waals surface area contributed by atoms with Gasteiger partial charge in [0.25, 0.3) is 5.91 Å². The number of hydrogen-bond donors (Lipinski definition) is 2. The fourth-order valence-electron chi connectivity index (χ4n) is 5.36. The van der Waals surface area contributed by atoms with Gasteiger partial charge in [-0.05, 0) is 43.5 Å². The Kier molecular flexibility index (Phi) is 6.05. The molecule has 1 atom stereocenters. The van der Waals surface area contributed by atoms with Crippen molar-refractivity contribution in [1.82, 2.24) is 14.8 Å². The van der Waals surface area contributed by atoms with Crippen molar-refractivity contribution in [1.29, 1.82) is 0 Å². The standard InChI is InChI=1S/C27H29ClN4O3/c1-17(33)29-23-21-9-5-6-10-22(21)31-16-27(2,26(35)30-20-7-3-4-8-20)32(25(34)24(23)31)15-18-11-13-19(28)14-12-18/h5-6,9-14,20H,3-4,7-8,15-16H2,1-2H3,(H,29,33)(H,30,35)/t27-/m0/s1. The Morgan fingerprint density at radius 3 is 2.46 bits per heavy atom. The zero-order chi connectivity index (χ0) is 24.7. The highest BCUT2D eigenvalue weighted by Gasteiger charge is 2.49. The van der Waals surface area contributed by atoms with E-state index in [1.807, 2.05) is 47.9 Å². The smallest absolute Gasteiger partial charge is 0.273 e. The highest BCUT2D eigenvalue weighted by Crippen LogP contribution is 2.39. The summed E-state index contributed by atoms with van der Waals surface area (Å²) in [5, 5.41) is 7.46. The predicted octanol–water partition coefficient (Wildman–Crippen LogP) is 4.73. The van der Waals surface area contributed by atoms with Crippen molar-refractivity contribution in [3.63, 3.8) is 0 Å². The number of para-hydroxylation sites is 1. The van der Waals surface area contributed by atoms with E-state index >= 15 is 0 Å². The fraction of sp³-hybridized carbons (Fsp3) is 0.370. The topological polar surface area (TPSA) is 83.4 Å². The Balaban J connectivity index is 1.63. The molecule has 1 aliphatic heterocycles. The maximum atomic E-state index is 14.2. The number of anilines is 1. The summed E-state index contributed by atoms with van der Waals surface area (Å²) in [5.41, 5.74) is 1.43. The first-order valence-electron chi connectivity index (χ1n) is 12.0. The van der Waals surface area contributed by atoms with Crippen molar-refractivity contribution in [3.8, 4) is 0 Å². The van der Waals surface area contributed by atoms with Crippen molar-refractivity contribution in [3.05, 3.63) is 64.8 Å². The Labute approximate surface area is 209 Å². The number of hydrogen-bond acceptors (Lipinski definition) is 3. The number of carbonyl (C=O) groups is 3. The zero-order valence-corrected chi connectivity index (χ0v) is 20.7. The highest BCUT2D eigenvalue weighted by atomic mass is 35.5. The molecule has 1 fully saturated rings. The normalized spacial score (nSPS) is 20.2. The minimum Gasteiger partial charge on any atom is -0.351 e. The van der Waals surface area contributed by atoms with E-state index in [0.29, 0.717) is 16.4 Å². The molecule has 1 aromatic heterocycles. The van der Waals surface area contributed by atoms with Crippen LogP contribution in [0.5, 0.6) is 0 Å². The molecule has 1 saturated carbocycles. The van der Waals surface area contributed by atoms with E-state index < -0.39 is 5.54 Å². The third kappa shape index (κ3) is 4.18. The van der Waals surface area contributed by atoms with Crippen LogP contribution in [0.3, 0.4) is 0 Å². The third-order valence-corrected chi connectivity index (χ3v) is 7.47. The van der Waals surface area contributed by atoms with Crippen molar-refractivity contribution in [2.24, 2.45) is 0 Å². The van der Waals surface area contributed by atoms with E-state index in [2.05, 4.69) is 10.6 Å². The van der Waals surface area contributed by atoms with Gasteiger partial charge in [-0.15, -0.1) is 0 Å². The van der Waals surface area contributed by atoms with Crippen molar-refractivity contribution in [2.75, 3.05) is 5.32 Å². The molecule has 7 nitrogen and oxygen atoms in total. The summed E-state index contributed by atoms with van der Waals surface area (Å²) in [4.78, 5) is 41.7. The number of amides is 3. The molecular formula is C27H29ClN4O3. The summed E-state index contributed by atoms with van der Waals surface area (Å²) in [5.74, 6) is -0.708. The van der Waals surface area contributed by atoms with Crippen molar-refractivity contribution >= 4 is 45.9 Å². The van der Waals surface area contributed by atoms with Crippen LogP contribution < -0.4 is 10.6 Å². The average molecular weight is 493 g/mol. The molecule has 2 aliphatic rings. The van der Waals surface area contributed by atoms with Crippen molar-refractivity contribution in [2.45, 2.75) is 64.2 Å². The summed E-state index contributed by atoms with van der Waals surface area (Å²) in [6.07, 6.45) is 4.11. The van der Waals surface area contributed by atoms with Gasteiger partial charge in [0.05, 0.1) is 17.7 Å². The lowest BCUT2D eigenvalue weighted by atomic mass is 9.93. The Bertz CT molecular complexity index is 1310. The number of halogens is 1. The van der Waals surface area contributed by atoms with Gasteiger partial charge in [-0.1, -0.05) is 54.8 Å². The summed E-state index contributed by atoms with van der Waals surface area (Å²) < 4.78 is 1.88. The Hall–Kier alpha value is -3.32. The molecule has 5 rings (SSSR count). The lowest BCUT2D eigenvalue weighted by molar-refractivity contribution is -0.133. The van der Waals surface area contributed by atoms with Crippen LogP contribution in [0.2, 0.25) is 5.02 Å². The molecule has 1 aliphatic carbocycles. The van der Waals surface area contributed by atoms with Gasteiger partial charge in [-0.3, -0.25) is 14.4 Å². The van der Waals surface area contributed by atoms with Gasteiger partial charge in [0.15, 0.2) is 0 Å². The number of benzene rings is 2. The first kappa shape index (κ1) is 23.4.